The molecule has 3 aromatic heterocycles. The van der Waals surface area contributed by atoms with Gasteiger partial charge in [0.05, 0.1) is 34.8 Å². The molecule has 0 unspecified atom stereocenters. The molecule has 0 radical (unpaired) electrons. The molecule has 5 rings (SSSR count). The number of pyridine rings is 1. The number of hydrogen-bond donors (Lipinski definition) is 2. The van der Waals surface area contributed by atoms with Crippen LogP contribution in [0.5, 0.6) is 0 Å². The number of nitrogens with two attached hydrogens (primary N) is 1. The fourth-order valence-electron chi connectivity index (χ4n) is 4.24. The van der Waals surface area contributed by atoms with E-state index in [1.165, 1.54) is 0 Å². The van der Waals surface area contributed by atoms with Crippen LogP contribution in [0.3, 0.4) is 0 Å². The van der Waals surface area contributed by atoms with Crippen molar-refractivity contribution >= 4 is 54.1 Å². The summed E-state index contributed by atoms with van der Waals surface area (Å²) in [6, 6.07) is 7.77. The molecule has 0 bridgehead atoms. The Hall–Kier alpha value is -3.03. The summed E-state index contributed by atoms with van der Waals surface area (Å²) in [6.07, 6.45) is 5.66. The summed E-state index contributed by atoms with van der Waals surface area (Å²) in [5, 5.41) is 4.87. The first-order valence-electron chi connectivity index (χ1n) is 10.7. The third kappa shape index (κ3) is 4.50. The van der Waals surface area contributed by atoms with Crippen molar-refractivity contribution in [3.05, 3.63) is 57.4 Å². The second kappa shape index (κ2) is 8.64. The van der Waals surface area contributed by atoms with Gasteiger partial charge in [0.2, 0.25) is 5.91 Å². The van der Waals surface area contributed by atoms with E-state index in [9.17, 15) is 18.0 Å². The Kier molecular flexibility index (Phi) is 5.78. The van der Waals surface area contributed by atoms with Crippen LogP contribution in [-0.4, -0.2) is 38.0 Å². The van der Waals surface area contributed by atoms with Crippen molar-refractivity contribution in [1.29, 1.82) is 0 Å². The van der Waals surface area contributed by atoms with Gasteiger partial charge in [-0.05, 0) is 43.5 Å². The molecule has 3 heterocycles. The Morgan fingerprint density at radius 3 is 2.71 bits per heavy atom. The predicted octanol–water partition coefficient (Wildman–Crippen LogP) is 1.79. The van der Waals surface area contributed by atoms with Crippen molar-refractivity contribution in [3.63, 3.8) is 0 Å². The minimum atomic E-state index is -4.09. The van der Waals surface area contributed by atoms with Crippen LogP contribution in [0, 0.1) is 0 Å². The van der Waals surface area contributed by atoms with Crippen LogP contribution in [0.15, 0.2) is 45.9 Å². The second-order valence-corrected chi connectivity index (χ2v) is 10.5. The Morgan fingerprint density at radius 1 is 1.18 bits per heavy atom. The lowest BCUT2D eigenvalue weighted by Crippen LogP contribution is -2.35. The number of halogens is 1. The van der Waals surface area contributed by atoms with E-state index in [0.29, 0.717) is 18.8 Å². The maximum absolute atomic E-state index is 13.3. The molecule has 3 N–H and O–H groups in total. The Balaban J connectivity index is 1.50. The standard InChI is InChI=1S/C21H22BrN7O4S/c22-13-3-6-16-15(10-13)25-19(27(16)9-1-2-20(30)26-34(23,32)33)12-28-18-11-24-8-7-17(18)29(21(28)31)14-4-5-14/h3,6-8,10-11,14H,1-2,4-5,9,12H2,(H,26,30)(H2,23,32,33). The van der Waals surface area contributed by atoms with Crippen molar-refractivity contribution in [3.8, 4) is 0 Å². The zero-order valence-corrected chi connectivity index (χ0v) is 20.4. The van der Waals surface area contributed by atoms with Gasteiger partial charge in [0.25, 0.3) is 10.2 Å². The zero-order valence-electron chi connectivity index (χ0n) is 18.0. The van der Waals surface area contributed by atoms with Crippen molar-refractivity contribution in [2.24, 2.45) is 5.14 Å². The van der Waals surface area contributed by atoms with Crippen LogP contribution in [0.25, 0.3) is 22.1 Å². The second-order valence-electron chi connectivity index (χ2n) is 8.32. The van der Waals surface area contributed by atoms with Crippen LogP contribution in [0.4, 0.5) is 0 Å². The average Bonchev–Trinajstić information content (AvgIpc) is 3.48. The third-order valence-electron chi connectivity index (χ3n) is 5.81. The first-order chi connectivity index (χ1) is 16.2. The van der Waals surface area contributed by atoms with Crippen molar-refractivity contribution < 1.29 is 13.2 Å². The van der Waals surface area contributed by atoms with Crippen molar-refractivity contribution in [2.75, 3.05) is 0 Å². The summed E-state index contributed by atoms with van der Waals surface area (Å²) in [5.74, 6) is -0.0215. The molecular formula is C21H22BrN7O4S. The number of carbonyl (C=O) groups excluding carboxylic acids is 1. The summed E-state index contributed by atoms with van der Waals surface area (Å²) < 4.78 is 30.3. The van der Waals surface area contributed by atoms with Crippen LogP contribution in [0.1, 0.15) is 37.5 Å². The molecule has 178 valence electrons. The fraction of sp³-hybridized carbons (Fsp3) is 0.333. The van der Waals surface area contributed by atoms with Crippen LogP contribution in [0.2, 0.25) is 0 Å². The molecule has 34 heavy (non-hydrogen) atoms. The van der Waals surface area contributed by atoms with Crippen molar-refractivity contribution in [2.45, 2.75) is 44.8 Å². The molecule has 1 amide bonds. The highest BCUT2D eigenvalue weighted by Crippen LogP contribution is 2.36. The minimum Gasteiger partial charge on any atom is -0.326 e. The van der Waals surface area contributed by atoms with E-state index in [2.05, 4.69) is 20.9 Å². The molecule has 0 saturated heterocycles. The summed E-state index contributed by atoms with van der Waals surface area (Å²) in [7, 11) is -4.09. The molecule has 0 atom stereocenters. The molecule has 1 saturated carbocycles. The number of carbonyl (C=O) groups is 1. The van der Waals surface area contributed by atoms with E-state index < -0.39 is 16.1 Å². The molecule has 0 spiro atoms. The number of nitrogens with one attached hydrogen (secondary N) is 1. The van der Waals surface area contributed by atoms with E-state index in [0.717, 1.165) is 39.4 Å². The number of hydrogen-bond acceptors (Lipinski definition) is 6. The molecular weight excluding hydrogens is 526 g/mol. The van der Waals surface area contributed by atoms with E-state index >= 15 is 0 Å². The Morgan fingerprint density at radius 2 is 1.97 bits per heavy atom. The third-order valence-corrected chi connectivity index (χ3v) is 6.81. The van der Waals surface area contributed by atoms with Gasteiger partial charge in [-0.25, -0.2) is 19.6 Å². The normalized spacial score (nSPS) is 14.2. The highest BCUT2D eigenvalue weighted by atomic mass is 79.9. The first kappa shape index (κ1) is 22.7. The van der Waals surface area contributed by atoms with Crippen LogP contribution >= 0.6 is 15.9 Å². The summed E-state index contributed by atoms with van der Waals surface area (Å²) in [6.45, 7) is 0.635. The maximum Gasteiger partial charge on any atom is 0.329 e. The van der Waals surface area contributed by atoms with Crippen LogP contribution in [-0.2, 0) is 28.1 Å². The number of aryl methyl sites for hydroxylation is 1. The summed E-state index contributed by atoms with van der Waals surface area (Å²) in [5.41, 5.74) is 3.09. The molecule has 1 aromatic carbocycles. The number of nitrogens with zero attached hydrogens (tertiary/aromatic N) is 5. The number of benzene rings is 1. The maximum atomic E-state index is 13.3. The van der Waals surface area contributed by atoms with Gasteiger partial charge in [0, 0.05) is 29.7 Å². The number of fused-ring (bicyclic) bond motifs is 2. The lowest BCUT2D eigenvalue weighted by molar-refractivity contribution is -0.119. The highest BCUT2D eigenvalue weighted by Gasteiger charge is 2.29. The lowest BCUT2D eigenvalue weighted by Gasteiger charge is -2.10. The molecule has 4 aromatic rings. The number of imidazole rings is 2. The zero-order chi connectivity index (χ0) is 24.0. The smallest absolute Gasteiger partial charge is 0.326 e. The quantitative estimate of drug-likeness (QED) is 0.343. The first-order valence-corrected chi connectivity index (χ1v) is 13.1. The highest BCUT2D eigenvalue weighted by molar-refractivity contribution is 9.10. The predicted molar refractivity (Wildman–Crippen MR) is 129 cm³/mol. The molecule has 1 aliphatic carbocycles. The fourth-order valence-corrected chi connectivity index (χ4v) is 5.01. The van der Waals surface area contributed by atoms with Gasteiger partial charge >= 0.3 is 5.69 Å². The number of amides is 1. The molecule has 13 heteroatoms. The van der Waals surface area contributed by atoms with Gasteiger partial charge in [-0.2, -0.15) is 8.42 Å². The van der Waals surface area contributed by atoms with Gasteiger partial charge in [-0.1, -0.05) is 15.9 Å². The molecule has 1 fully saturated rings. The minimum absolute atomic E-state index is 0.0308. The van der Waals surface area contributed by atoms with Gasteiger partial charge in [-0.3, -0.25) is 18.9 Å². The van der Waals surface area contributed by atoms with Gasteiger partial charge in [-0.15, -0.1) is 0 Å². The van der Waals surface area contributed by atoms with Gasteiger partial charge in [0.1, 0.15) is 5.82 Å². The van der Waals surface area contributed by atoms with E-state index in [-0.39, 0.29) is 24.7 Å². The van der Waals surface area contributed by atoms with E-state index in [1.54, 1.807) is 21.7 Å². The lowest BCUT2D eigenvalue weighted by atomic mass is 10.2. The number of aromatic nitrogens is 5. The molecule has 11 nitrogen and oxygen atoms in total. The van der Waals surface area contributed by atoms with Crippen molar-refractivity contribution in [1.82, 2.24) is 28.4 Å². The Bertz CT molecular complexity index is 1580. The SMILES string of the molecule is NS(=O)(=O)NC(=O)CCCn1c(Cn2c(=O)n(C3CC3)c3ccncc32)nc2cc(Br)ccc21. The van der Waals surface area contributed by atoms with E-state index in [4.69, 9.17) is 10.1 Å². The largest absolute Gasteiger partial charge is 0.329 e. The Labute approximate surface area is 202 Å². The van der Waals surface area contributed by atoms with Crippen LogP contribution < -0.4 is 15.6 Å². The number of rotatable bonds is 8. The molecule has 0 aliphatic heterocycles. The average molecular weight is 548 g/mol. The molecule has 1 aliphatic rings. The summed E-state index contributed by atoms with van der Waals surface area (Å²) >= 11 is 3.47. The van der Waals surface area contributed by atoms with Gasteiger partial charge < -0.3 is 4.57 Å². The monoisotopic (exact) mass is 547 g/mol. The van der Waals surface area contributed by atoms with E-state index in [1.807, 2.05) is 33.4 Å². The summed E-state index contributed by atoms with van der Waals surface area (Å²) in [4.78, 5) is 34.2. The van der Waals surface area contributed by atoms with Gasteiger partial charge in [0.15, 0.2) is 0 Å². The topological polar surface area (TPSA) is 147 Å².